The SMILES string of the molecule is Cc1ccc(Sc2ncccc2C(=O)NC2=NCCS2)c(C)c1. The lowest BCUT2D eigenvalue weighted by Crippen LogP contribution is -2.28. The molecule has 4 nitrogen and oxygen atoms in total. The second-order valence-corrected chi connectivity index (χ2v) is 7.33. The van der Waals surface area contributed by atoms with Crippen molar-refractivity contribution < 1.29 is 4.79 Å². The van der Waals surface area contributed by atoms with Gasteiger partial charge in [0.05, 0.1) is 12.1 Å². The Bertz CT molecular complexity index is 774. The van der Waals surface area contributed by atoms with Crippen LogP contribution in [0.15, 0.2) is 51.4 Å². The third-order valence-corrected chi connectivity index (χ3v) is 5.45. The molecule has 0 bridgehead atoms. The molecule has 1 N–H and O–H groups in total. The van der Waals surface area contributed by atoms with E-state index in [2.05, 4.69) is 47.3 Å². The maximum Gasteiger partial charge on any atom is 0.259 e. The topological polar surface area (TPSA) is 54.4 Å². The van der Waals surface area contributed by atoms with E-state index in [9.17, 15) is 4.79 Å². The molecule has 0 spiro atoms. The Labute approximate surface area is 144 Å². The van der Waals surface area contributed by atoms with E-state index in [4.69, 9.17) is 0 Å². The highest BCUT2D eigenvalue weighted by molar-refractivity contribution is 8.14. The van der Waals surface area contributed by atoms with Crippen molar-refractivity contribution >= 4 is 34.6 Å². The Morgan fingerprint density at radius 2 is 2.17 bits per heavy atom. The molecule has 0 aliphatic carbocycles. The van der Waals surface area contributed by atoms with Crippen LogP contribution in [0.3, 0.4) is 0 Å². The van der Waals surface area contributed by atoms with Crippen LogP contribution in [0.4, 0.5) is 0 Å². The van der Waals surface area contributed by atoms with Crippen LogP contribution in [0.1, 0.15) is 21.5 Å². The first kappa shape index (κ1) is 16.1. The molecule has 2 heterocycles. The standard InChI is InChI=1S/C17H17N3OS2/c1-11-5-6-14(12(2)10-11)23-16-13(4-3-7-18-16)15(21)20-17-19-8-9-22-17/h3-7,10H,8-9H2,1-2H3,(H,19,20,21). The fourth-order valence-corrected chi connectivity index (χ4v) is 3.91. The smallest absolute Gasteiger partial charge is 0.259 e. The number of hydrogen-bond donors (Lipinski definition) is 1. The molecule has 118 valence electrons. The lowest BCUT2D eigenvalue weighted by atomic mass is 10.2. The number of pyridine rings is 1. The van der Waals surface area contributed by atoms with Gasteiger partial charge in [-0.25, -0.2) is 4.98 Å². The van der Waals surface area contributed by atoms with Gasteiger partial charge in [0.15, 0.2) is 5.17 Å². The lowest BCUT2D eigenvalue weighted by molar-refractivity contribution is 0.0974. The number of aliphatic imine (C=N–C) groups is 1. The van der Waals surface area contributed by atoms with Crippen LogP contribution >= 0.6 is 23.5 Å². The van der Waals surface area contributed by atoms with Gasteiger partial charge in [0.25, 0.3) is 5.91 Å². The van der Waals surface area contributed by atoms with Crippen molar-refractivity contribution in [2.75, 3.05) is 12.3 Å². The zero-order valence-corrected chi connectivity index (χ0v) is 14.6. The molecule has 0 atom stereocenters. The van der Waals surface area contributed by atoms with Crippen LogP contribution in [0.25, 0.3) is 0 Å². The number of thioether (sulfide) groups is 1. The molecule has 1 aromatic heterocycles. The van der Waals surface area contributed by atoms with Crippen molar-refractivity contribution in [1.82, 2.24) is 10.3 Å². The molecule has 1 amide bonds. The van der Waals surface area contributed by atoms with Crippen LogP contribution in [-0.4, -0.2) is 28.4 Å². The monoisotopic (exact) mass is 343 g/mol. The number of carbonyl (C=O) groups excluding carboxylic acids is 1. The summed E-state index contributed by atoms with van der Waals surface area (Å²) in [5, 5.41) is 4.27. The van der Waals surface area contributed by atoms with Crippen molar-refractivity contribution in [3.05, 3.63) is 53.2 Å². The number of nitrogens with zero attached hydrogens (tertiary/aromatic N) is 2. The average molecular weight is 343 g/mol. The highest BCUT2D eigenvalue weighted by atomic mass is 32.2. The van der Waals surface area contributed by atoms with E-state index in [1.807, 2.05) is 0 Å². The van der Waals surface area contributed by atoms with E-state index in [0.29, 0.717) is 15.8 Å². The van der Waals surface area contributed by atoms with E-state index in [-0.39, 0.29) is 5.91 Å². The van der Waals surface area contributed by atoms with Gasteiger partial charge in [-0.1, -0.05) is 41.2 Å². The number of amides is 1. The van der Waals surface area contributed by atoms with Crippen molar-refractivity contribution in [3.63, 3.8) is 0 Å². The molecule has 23 heavy (non-hydrogen) atoms. The minimum Gasteiger partial charge on any atom is -0.301 e. The average Bonchev–Trinajstić information content (AvgIpc) is 3.03. The molecule has 0 fully saturated rings. The van der Waals surface area contributed by atoms with Crippen LogP contribution in [0.2, 0.25) is 0 Å². The van der Waals surface area contributed by atoms with Crippen molar-refractivity contribution in [2.24, 2.45) is 4.99 Å². The molecule has 3 rings (SSSR count). The highest BCUT2D eigenvalue weighted by Gasteiger charge is 2.17. The predicted molar refractivity (Wildman–Crippen MR) is 96.5 cm³/mol. The van der Waals surface area contributed by atoms with Gasteiger partial charge in [0.1, 0.15) is 5.03 Å². The summed E-state index contributed by atoms with van der Waals surface area (Å²) in [5.41, 5.74) is 2.98. The van der Waals surface area contributed by atoms with E-state index in [0.717, 1.165) is 17.2 Å². The number of aryl methyl sites for hydroxylation is 2. The molecular formula is C17H17N3OS2. The Morgan fingerprint density at radius 1 is 1.30 bits per heavy atom. The molecule has 6 heteroatoms. The molecule has 2 aromatic rings. The summed E-state index contributed by atoms with van der Waals surface area (Å²) in [6, 6.07) is 9.86. The van der Waals surface area contributed by atoms with Gasteiger partial charge in [-0.3, -0.25) is 9.79 Å². The molecule has 0 unspecified atom stereocenters. The zero-order chi connectivity index (χ0) is 16.2. The second kappa shape index (κ2) is 7.19. The third-order valence-electron chi connectivity index (χ3n) is 3.36. The third kappa shape index (κ3) is 3.95. The van der Waals surface area contributed by atoms with Gasteiger partial charge in [0.2, 0.25) is 0 Å². The number of hydrogen-bond acceptors (Lipinski definition) is 5. The Kier molecular flexibility index (Phi) is 5.03. The van der Waals surface area contributed by atoms with Gasteiger partial charge in [-0.05, 0) is 37.6 Å². The first-order valence-corrected chi connectivity index (χ1v) is 9.12. The maximum atomic E-state index is 12.5. The van der Waals surface area contributed by atoms with Gasteiger partial charge >= 0.3 is 0 Å². The van der Waals surface area contributed by atoms with Crippen molar-refractivity contribution in [2.45, 2.75) is 23.8 Å². The normalized spacial score (nSPS) is 13.7. The van der Waals surface area contributed by atoms with Gasteiger partial charge in [-0.2, -0.15) is 0 Å². The summed E-state index contributed by atoms with van der Waals surface area (Å²) in [7, 11) is 0. The molecule has 0 saturated heterocycles. The summed E-state index contributed by atoms with van der Waals surface area (Å²) in [6.07, 6.45) is 1.71. The number of amidine groups is 1. The molecule has 0 saturated carbocycles. The number of aromatic nitrogens is 1. The Morgan fingerprint density at radius 3 is 2.91 bits per heavy atom. The van der Waals surface area contributed by atoms with Crippen molar-refractivity contribution in [1.29, 1.82) is 0 Å². The van der Waals surface area contributed by atoms with Gasteiger partial charge in [0, 0.05) is 16.8 Å². The summed E-state index contributed by atoms with van der Waals surface area (Å²) in [6.45, 7) is 4.90. The summed E-state index contributed by atoms with van der Waals surface area (Å²) in [5.74, 6) is 0.769. The number of benzene rings is 1. The largest absolute Gasteiger partial charge is 0.301 e. The van der Waals surface area contributed by atoms with E-state index < -0.39 is 0 Å². The first-order valence-electron chi connectivity index (χ1n) is 7.32. The number of nitrogens with one attached hydrogen (secondary N) is 1. The van der Waals surface area contributed by atoms with Gasteiger partial charge in [-0.15, -0.1) is 0 Å². The second-order valence-electron chi connectivity index (χ2n) is 5.22. The fourth-order valence-electron chi connectivity index (χ4n) is 2.24. The predicted octanol–water partition coefficient (Wildman–Crippen LogP) is 3.68. The minimum atomic E-state index is -0.154. The van der Waals surface area contributed by atoms with Crippen LogP contribution in [0, 0.1) is 13.8 Å². The minimum absolute atomic E-state index is 0.154. The maximum absolute atomic E-state index is 12.5. The van der Waals surface area contributed by atoms with E-state index >= 15 is 0 Å². The Hall–Kier alpha value is -1.79. The van der Waals surface area contributed by atoms with Crippen LogP contribution in [0.5, 0.6) is 0 Å². The Balaban J connectivity index is 1.83. The molecule has 1 aliphatic rings. The molecule has 0 radical (unpaired) electrons. The molecular weight excluding hydrogens is 326 g/mol. The molecule has 1 aromatic carbocycles. The highest BCUT2D eigenvalue weighted by Crippen LogP contribution is 2.31. The van der Waals surface area contributed by atoms with E-state index in [1.165, 1.54) is 22.9 Å². The number of carbonyl (C=O) groups is 1. The number of rotatable bonds is 3. The van der Waals surface area contributed by atoms with Crippen molar-refractivity contribution in [3.8, 4) is 0 Å². The zero-order valence-electron chi connectivity index (χ0n) is 13.0. The molecule has 1 aliphatic heterocycles. The summed E-state index contributed by atoms with van der Waals surface area (Å²) >= 11 is 3.09. The fraction of sp³-hybridized carbons (Fsp3) is 0.235. The van der Waals surface area contributed by atoms with E-state index in [1.54, 1.807) is 30.1 Å². The lowest BCUT2D eigenvalue weighted by Gasteiger charge is -2.10. The first-order chi connectivity index (χ1) is 11.1. The summed E-state index contributed by atoms with van der Waals surface area (Å²) < 4.78 is 0. The van der Waals surface area contributed by atoms with Crippen LogP contribution < -0.4 is 5.32 Å². The summed E-state index contributed by atoms with van der Waals surface area (Å²) in [4.78, 5) is 22.2. The quantitative estimate of drug-likeness (QED) is 0.923. The van der Waals surface area contributed by atoms with Crippen LogP contribution in [-0.2, 0) is 0 Å². The van der Waals surface area contributed by atoms with Gasteiger partial charge < -0.3 is 5.32 Å².